The summed E-state index contributed by atoms with van der Waals surface area (Å²) >= 11 is 0.857. The number of amides is 2. The quantitative estimate of drug-likeness (QED) is 0.246. The third-order valence-corrected chi connectivity index (χ3v) is 7.69. The van der Waals surface area contributed by atoms with E-state index < -0.39 is 29.8 Å². The minimum Gasteiger partial charge on any atom is -0.353 e. The number of anilines is 3. The molecule has 43 heavy (non-hydrogen) atoms. The average molecular weight is 603 g/mol. The van der Waals surface area contributed by atoms with Crippen LogP contribution < -0.4 is 10.6 Å². The molecule has 0 aliphatic carbocycles. The largest absolute Gasteiger partial charge is 0.353 e. The summed E-state index contributed by atoms with van der Waals surface area (Å²) in [6.07, 6.45) is 4.65. The SMILES string of the molecule is CC(=O)c1cn(CC(=O)N2C[C@H](F)C[C@H]2C(=O)Nc2nc(-c3ccccc3F)ns2)c2ccc(Nc3cncnc3)cc12. The number of aromatic nitrogens is 5. The van der Waals surface area contributed by atoms with E-state index in [0.29, 0.717) is 27.8 Å². The van der Waals surface area contributed by atoms with Crippen molar-refractivity contribution in [2.24, 2.45) is 0 Å². The second-order valence-corrected chi connectivity index (χ2v) is 10.7. The number of ketones is 1. The fraction of sp³-hybridized carbons (Fsp3) is 0.207. The van der Waals surface area contributed by atoms with Crippen LogP contribution in [0, 0.1) is 5.82 Å². The highest BCUT2D eigenvalue weighted by atomic mass is 32.1. The average Bonchev–Trinajstić information content (AvgIpc) is 3.71. The van der Waals surface area contributed by atoms with Crippen molar-refractivity contribution >= 4 is 56.5 Å². The molecule has 0 spiro atoms. The topological polar surface area (TPSA) is 135 Å². The standard InChI is InChI=1S/C29H24F2N8O3S/c1-16(40)22-13-38(24-7-6-18(9-21(22)24)34-19-10-32-15-33-11-19)14-26(41)39-12-17(30)8-25(39)28(42)36-29-35-27(37-43-29)20-4-2-3-5-23(20)31/h2-7,9-11,13,15,17,25,34H,8,12,14H2,1H3,(H,35,36,37,42)/t17-,25+/m1/s1. The van der Waals surface area contributed by atoms with Gasteiger partial charge in [-0.2, -0.15) is 9.36 Å². The summed E-state index contributed by atoms with van der Waals surface area (Å²) < 4.78 is 34.4. The van der Waals surface area contributed by atoms with Crippen LogP contribution in [-0.2, 0) is 16.1 Å². The van der Waals surface area contributed by atoms with Crippen molar-refractivity contribution in [2.75, 3.05) is 17.2 Å². The van der Waals surface area contributed by atoms with E-state index in [-0.39, 0.29) is 41.8 Å². The van der Waals surface area contributed by atoms with Gasteiger partial charge in [0.05, 0.1) is 30.2 Å². The smallest absolute Gasteiger partial charge is 0.249 e. The van der Waals surface area contributed by atoms with E-state index in [9.17, 15) is 23.2 Å². The van der Waals surface area contributed by atoms with Gasteiger partial charge in [-0.15, -0.1) is 0 Å². The molecule has 2 amide bonds. The van der Waals surface area contributed by atoms with Gasteiger partial charge in [-0.1, -0.05) is 12.1 Å². The number of likely N-dealkylation sites (tertiary alicyclic amines) is 1. The lowest BCUT2D eigenvalue weighted by atomic mass is 10.1. The van der Waals surface area contributed by atoms with E-state index >= 15 is 0 Å². The number of carbonyl (C=O) groups excluding carboxylic acids is 3. The van der Waals surface area contributed by atoms with E-state index in [1.807, 2.05) is 0 Å². The highest BCUT2D eigenvalue weighted by Gasteiger charge is 2.40. The molecule has 2 atom stereocenters. The van der Waals surface area contributed by atoms with Gasteiger partial charge >= 0.3 is 0 Å². The normalized spacial score (nSPS) is 16.4. The van der Waals surface area contributed by atoms with Gasteiger partial charge in [0.1, 0.15) is 30.9 Å². The highest BCUT2D eigenvalue weighted by Crippen LogP contribution is 2.29. The van der Waals surface area contributed by atoms with Crippen LogP contribution in [0.5, 0.6) is 0 Å². The molecule has 2 aromatic carbocycles. The molecule has 218 valence electrons. The zero-order valence-corrected chi connectivity index (χ0v) is 23.5. The van der Waals surface area contributed by atoms with Crippen molar-refractivity contribution in [1.29, 1.82) is 0 Å². The summed E-state index contributed by atoms with van der Waals surface area (Å²) in [4.78, 5) is 52.4. The van der Waals surface area contributed by atoms with Crippen LogP contribution in [0.15, 0.2) is 67.4 Å². The van der Waals surface area contributed by atoms with Crippen LogP contribution in [0.3, 0.4) is 0 Å². The second kappa shape index (κ2) is 11.6. The Morgan fingerprint density at radius 2 is 1.88 bits per heavy atom. The summed E-state index contributed by atoms with van der Waals surface area (Å²) in [5.74, 6) is -1.69. The Morgan fingerprint density at radius 1 is 1.09 bits per heavy atom. The zero-order chi connectivity index (χ0) is 30.1. The van der Waals surface area contributed by atoms with Crippen molar-refractivity contribution in [3.63, 3.8) is 0 Å². The maximum Gasteiger partial charge on any atom is 0.249 e. The Bertz CT molecular complexity index is 1840. The predicted octanol–water partition coefficient (Wildman–Crippen LogP) is 4.61. The first kappa shape index (κ1) is 28.0. The van der Waals surface area contributed by atoms with Gasteiger partial charge in [0.2, 0.25) is 16.9 Å². The van der Waals surface area contributed by atoms with Gasteiger partial charge < -0.3 is 14.8 Å². The monoisotopic (exact) mass is 602 g/mol. The van der Waals surface area contributed by atoms with Crippen molar-refractivity contribution in [2.45, 2.75) is 32.1 Å². The van der Waals surface area contributed by atoms with Crippen molar-refractivity contribution < 1.29 is 23.2 Å². The minimum atomic E-state index is -1.40. The minimum absolute atomic E-state index is 0.104. The third kappa shape index (κ3) is 5.81. The summed E-state index contributed by atoms with van der Waals surface area (Å²) in [7, 11) is 0. The van der Waals surface area contributed by atoms with E-state index in [2.05, 4.69) is 30.0 Å². The number of nitrogens with zero attached hydrogens (tertiary/aromatic N) is 6. The number of benzene rings is 2. The first-order valence-corrected chi connectivity index (χ1v) is 14.0. The van der Waals surface area contributed by atoms with Crippen LogP contribution in [0.4, 0.5) is 25.3 Å². The van der Waals surface area contributed by atoms with E-state index in [1.54, 1.807) is 53.5 Å². The first-order valence-electron chi connectivity index (χ1n) is 13.3. The number of fused-ring (bicyclic) bond motifs is 1. The molecule has 4 heterocycles. The number of rotatable bonds is 8. The Kier molecular flexibility index (Phi) is 7.59. The lowest BCUT2D eigenvalue weighted by Crippen LogP contribution is -2.44. The van der Waals surface area contributed by atoms with Crippen LogP contribution >= 0.6 is 11.5 Å². The third-order valence-electron chi connectivity index (χ3n) is 7.06. The zero-order valence-electron chi connectivity index (χ0n) is 22.7. The van der Waals surface area contributed by atoms with Gasteiger partial charge in [0.15, 0.2) is 11.6 Å². The molecule has 1 saturated heterocycles. The number of Topliss-reactive ketones (excluding diaryl/α,β-unsaturated/α-hetero) is 1. The molecule has 5 aromatic rings. The molecular formula is C29H24F2N8O3S. The van der Waals surface area contributed by atoms with Crippen molar-refractivity contribution in [3.05, 3.63) is 78.8 Å². The van der Waals surface area contributed by atoms with Crippen LogP contribution in [-0.4, -0.2) is 65.1 Å². The van der Waals surface area contributed by atoms with Gasteiger partial charge in [-0.25, -0.2) is 18.7 Å². The molecule has 14 heteroatoms. The van der Waals surface area contributed by atoms with Crippen LogP contribution in [0.25, 0.3) is 22.3 Å². The lowest BCUT2D eigenvalue weighted by molar-refractivity contribution is -0.137. The molecule has 3 aromatic heterocycles. The number of alkyl halides is 1. The van der Waals surface area contributed by atoms with E-state index in [0.717, 1.165) is 11.5 Å². The summed E-state index contributed by atoms with van der Waals surface area (Å²) in [6, 6.07) is 10.3. The maximum atomic E-state index is 14.6. The van der Waals surface area contributed by atoms with Crippen LogP contribution in [0.1, 0.15) is 23.7 Å². The van der Waals surface area contributed by atoms with Gasteiger partial charge in [-0.3, -0.25) is 19.7 Å². The molecule has 6 rings (SSSR count). The molecule has 2 N–H and O–H groups in total. The highest BCUT2D eigenvalue weighted by molar-refractivity contribution is 7.10. The Morgan fingerprint density at radius 3 is 2.65 bits per heavy atom. The predicted molar refractivity (Wildman–Crippen MR) is 156 cm³/mol. The molecule has 1 aliphatic rings. The number of halogens is 2. The Labute approximate surface area is 247 Å². The van der Waals surface area contributed by atoms with E-state index in [4.69, 9.17) is 0 Å². The van der Waals surface area contributed by atoms with Crippen molar-refractivity contribution in [3.8, 4) is 11.4 Å². The second-order valence-electron chi connectivity index (χ2n) is 10.00. The number of hydrogen-bond donors (Lipinski definition) is 2. The summed E-state index contributed by atoms with van der Waals surface area (Å²) in [5, 5.41) is 6.50. The number of nitrogens with one attached hydrogen (secondary N) is 2. The lowest BCUT2D eigenvalue weighted by Gasteiger charge is -2.23. The Hall–Kier alpha value is -5.11. The molecule has 11 nitrogen and oxygen atoms in total. The molecule has 1 aliphatic heterocycles. The summed E-state index contributed by atoms with van der Waals surface area (Å²) in [6.45, 7) is 0.973. The maximum absolute atomic E-state index is 14.6. The van der Waals surface area contributed by atoms with Gasteiger partial charge in [0.25, 0.3) is 0 Å². The molecule has 0 radical (unpaired) electrons. The van der Waals surface area contributed by atoms with Crippen molar-refractivity contribution in [1.82, 2.24) is 28.8 Å². The van der Waals surface area contributed by atoms with Crippen LogP contribution in [0.2, 0.25) is 0 Å². The first-order chi connectivity index (χ1) is 20.8. The number of hydrogen-bond acceptors (Lipinski definition) is 9. The fourth-order valence-electron chi connectivity index (χ4n) is 5.08. The molecule has 1 fully saturated rings. The molecule has 0 bridgehead atoms. The molecule has 0 saturated carbocycles. The Balaban J connectivity index is 1.20. The van der Waals surface area contributed by atoms with E-state index in [1.165, 1.54) is 30.3 Å². The molecule has 0 unspecified atom stereocenters. The van der Waals surface area contributed by atoms with Gasteiger partial charge in [-0.05, 0) is 37.3 Å². The fourth-order valence-corrected chi connectivity index (χ4v) is 5.66. The molecular weight excluding hydrogens is 578 g/mol. The number of carbonyl (C=O) groups is 3. The summed E-state index contributed by atoms with van der Waals surface area (Å²) in [5.41, 5.74) is 2.58. The van der Waals surface area contributed by atoms with Gasteiger partial charge in [0, 0.05) is 46.3 Å².